The minimum absolute atomic E-state index is 0.230. The zero-order valence-corrected chi connectivity index (χ0v) is 10.7. The van der Waals surface area contributed by atoms with Crippen LogP contribution in [0.2, 0.25) is 0 Å². The van der Waals surface area contributed by atoms with Crippen molar-refractivity contribution in [2.24, 2.45) is 0 Å². The summed E-state index contributed by atoms with van der Waals surface area (Å²) in [6.45, 7) is 2.01. The zero-order valence-electron chi connectivity index (χ0n) is 10.7. The second-order valence-corrected chi connectivity index (χ2v) is 4.36. The molecule has 1 fully saturated rings. The highest BCUT2D eigenvalue weighted by Gasteiger charge is 2.30. The Hall–Kier alpha value is -2.17. The van der Waals surface area contributed by atoms with Gasteiger partial charge in [0.05, 0.1) is 5.56 Å². The van der Waals surface area contributed by atoms with Crippen LogP contribution >= 0.6 is 0 Å². The van der Waals surface area contributed by atoms with Crippen LogP contribution < -0.4 is 0 Å². The summed E-state index contributed by atoms with van der Waals surface area (Å²) in [5, 5.41) is 0.583. The summed E-state index contributed by atoms with van der Waals surface area (Å²) in [6, 6.07) is 6.88. The minimum Gasteiger partial charge on any atom is -0.325 e. The van der Waals surface area contributed by atoms with E-state index in [2.05, 4.69) is 0 Å². The maximum Gasteiger partial charge on any atom is 0.363 e. The fourth-order valence-electron chi connectivity index (χ4n) is 1.85. The smallest absolute Gasteiger partial charge is 0.325 e. The molecular formula is C14H15NO4. The topological polar surface area (TPSA) is 63.7 Å². The highest BCUT2D eigenvalue weighted by atomic mass is 16.7. The fraction of sp³-hybridized carbons (Fsp3) is 0.357. The third-order valence-electron chi connectivity index (χ3n) is 3.01. The summed E-state index contributed by atoms with van der Waals surface area (Å²) in [5.74, 6) is -1.61. The number of carbonyl (C=O) groups excluding carboxylic acids is 3. The van der Waals surface area contributed by atoms with Gasteiger partial charge >= 0.3 is 5.97 Å². The molecule has 1 heterocycles. The quantitative estimate of drug-likeness (QED) is 0.779. The third kappa shape index (κ3) is 2.99. The number of aryl methyl sites for hydroxylation is 1. The maximum absolute atomic E-state index is 11.8. The molecular weight excluding hydrogens is 246 g/mol. The molecule has 2 rings (SSSR count). The second kappa shape index (κ2) is 5.65. The highest BCUT2D eigenvalue weighted by Crippen LogP contribution is 2.14. The van der Waals surface area contributed by atoms with Crippen molar-refractivity contribution in [2.45, 2.75) is 32.6 Å². The van der Waals surface area contributed by atoms with Crippen LogP contribution in [0.3, 0.4) is 0 Å². The van der Waals surface area contributed by atoms with Gasteiger partial charge in [-0.3, -0.25) is 9.59 Å². The Morgan fingerprint density at radius 3 is 2.26 bits per heavy atom. The van der Waals surface area contributed by atoms with Gasteiger partial charge in [-0.05, 0) is 30.5 Å². The van der Waals surface area contributed by atoms with Crippen molar-refractivity contribution >= 4 is 17.8 Å². The van der Waals surface area contributed by atoms with Gasteiger partial charge < -0.3 is 4.84 Å². The summed E-state index contributed by atoms with van der Waals surface area (Å²) in [6.07, 6.45) is 1.84. The molecule has 1 aliphatic rings. The summed E-state index contributed by atoms with van der Waals surface area (Å²) < 4.78 is 0. The van der Waals surface area contributed by atoms with E-state index in [1.54, 1.807) is 12.1 Å². The molecule has 100 valence electrons. The molecule has 5 heteroatoms. The van der Waals surface area contributed by atoms with Crippen molar-refractivity contribution in [1.82, 2.24) is 5.06 Å². The summed E-state index contributed by atoms with van der Waals surface area (Å²) in [4.78, 5) is 39.7. The van der Waals surface area contributed by atoms with Crippen LogP contribution in [-0.2, 0) is 20.8 Å². The van der Waals surface area contributed by atoms with Crippen molar-refractivity contribution in [2.75, 3.05) is 0 Å². The van der Waals surface area contributed by atoms with Gasteiger partial charge in [0.2, 0.25) is 0 Å². The normalized spacial score (nSPS) is 15.5. The Kier molecular flexibility index (Phi) is 3.94. The van der Waals surface area contributed by atoms with Crippen molar-refractivity contribution in [3.05, 3.63) is 35.4 Å². The Bertz CT molecular complexity index is 491. The minimum atomic E-state index is -0.689. The zero-order chi connectivity index (χ0) is 13.8. The summed E-state index contributed by atoms with van der Waals surface area (Å²) in [5.41, 5.74) is 1.42. The lowest BCUT2D eigenvalue weighted by Gasteiger charge is -2.22. The molecule has 0 saturated carbocycles. The van der Waals surface area contributed by atoms with E-state index in [1.165, 1.54) is 0 Å². The van der Waals surface area contributed by atoms with E-state index in [0.717, 1.165) is 12.0 Å². The van der Waals surface area contributed by atoms with Gasteiger partial charge in [0, 0.05) is 12.8 Å². The average molecular weight is 261 g/mol. The predicted molar refractivity (Wildman–Crippen MR) is 66.9 cm³/mol. The number of imide groups is 1. The SMILES string of the molecule is CCc1ccc(C(=O)ON2C(=O)CCCC2=O)cc1. The van der Waals surface area contributed by atoms with Crippen LogP contribution in [0.4, 0.5) is 0 Å². The van der Waals surface area contributed by atoms with Gasteiger partial charge in [-0.1, -0.05) is 19.1 Å². The average Bonchev–Trinajstić information content (AvgIpc) is 2.43. The van der Waals surface area contributed by atoms with E-state index >= 15 is 0 Å². The standard InChI is InChI=1S/C14H15NO4/c1-2-10-6-8-11(9-7-10)14(18)19-15-12(16)4-3-5-13(15)17/h6-9H,2-5H2,1H3. The molecule has 1 aromatic rings. The van der Waals surface area contributed by atoms with Crippen LogP contribution in [0.15, 0.2) is 24.3 Å². The Morgan fingerprint density at radius 2 is 1.74 bits per heavy atom. The largest absolute Gasteiger partial charge is 0.363 e. The molecule has 0 aromatic heterocycles. The van der Waals surface area contributed by atoms with Gasteiger partial charge in [-0.15, -0.1) is 5.06 Å². The van der Waals surface area contributed by atoms with Gasteiger partial charge in [0.1, 0.15) is 0 Å². The molecule has 0 bridgehead atoms. The molecule has 0 unspecified atom stereocenters. The van der Waals surface area contributed by atoms with E-state index in [0.29, 0.717) is 17.0 Å². The number of hydrogen-bond acceptors (Lipinski definition) is 4. The van der Waals surface area contributed by atoms with E-state index in [-0.39, 0.29) is 12.8 Å². The van der Waals surface area contributed by atoms with Crippen molar-refractivity contribution in [1.29, 1.82) is 0 Å². The van der Waals surface area contributed by atoms with Crippen molar-refractivity contribution in [3.63, 3.8) is 0 Å². The molecule has 1 aliphatic heterocycles. The van der Waals surface area contributed by atoms with Gasteiger partial charge in [0.25, 0.3) is 11.8 Å². The predicted octanol–water partition coefficient (Wildman–Crippen LogP) is 1.86. The molecule has 0 N–H and O–H groups in total. The number of amides is 2. The van der Waals surface area contributed by atoms with E-state index in [9.17, 15) is 14.4 Å². The molecule has 2 amide bonds. The lowest BCUT2D eigenvalue weighted by atomic mass is 10.1. The van der Waals surface area contributed by atoms with Crippen molar-refractivity contribution < 1.29 is 19.2 Å². The number of benzene rings is 1. The monoisotopic (exact) mass is 261 g/mol. The molecule has 0 spiro atoms. The maximum atomic E-state index is 11.8. The lowest BCUT2D eigenvalue weighted by molar-refractivity contribution is -0.184. The van der Waals surface area contributed by atoms with Crippen LogP contribution in [0.25, 0.3) is 0 Å². The Balaban J connectivity index is 2.07. The third-order valence-corrected chi connectivity index (χ3v) is 3.01. The Labute approximate surface area is 111 Å². The molecule has 19 heavy (non-hydrogen) atoms. The Morgan fingerprint density at radius 1 is 1.16 bits per heavy atom. The van der Waals surface area contributed by atoms with Gasteiger partial charge in [-0.2, -0.15) is 0 Å². The van der Waals surface area contributed by atoms with Crippen LogP contribution in [0.1, 0.15) is 42.1 Å². The van der Waals surface area contributed by atoms with Gasteiger partial charge in [0.15, 0.2) is 0 Å². The molecule has 1 saturated heterocycles. The number of hydroxylamine groups is 2. The van der Waals surface area contributed by atoms with Crippen LogP contribution in [-0.4, -0.2) is 22.8 Å². The first kappa shape index (κ1) is 13.3. The number of hydrogen-bond donors (Lipinski definition) is 0. The summed E-state index contributed by atoms with van der Waals surface area (Å²) >= 11 is 0. The first-order chi connectivity index (χ1) is 9.11. The number of nitrogens with zero attached hydrogens (tertiary/aromatic N) is 1. The summed E-state index contributed by atoms with van der Waals surface area (Å²) in [7, 11) is 0. The van der Waals surface area contributed by atoms with Gasteiger partial charge in [-0.25, -0.2) is 4.79 Å². The molecule has 0 aliphatic carbocycles. The molecule has 5 nitrogen and oxygen atoms in total. The second-order valence-electron chi connectivity index (χ2n) is 4.36. The first-order valence-corrected chi connectivity index (χ1v) is 6.29. The fourth-order valence-corrected chi connectivity index (χ4v) is 1.85. The van der Waals surface area contributed by atoms with Crippen molar-refractivity contribution in [3.8, 4) is 0 Å². The number of piperidine rings is 1. The highest BCUT2D eigenvalue weighted by molar-refractivity contribution is 5.99. The number of carbonyl (C=O) groups is 3. The van der Waals surface area contributed by atoms with E-state index in [4.69, 9.17) is 4.84 Å². The van der Waals surface area contributed by atoms with Crippen LogP contribution in [0.5, 0.6) is 0 Å². The lowest BCUT2D eigenvalue weighted by Crippen LogP contribution is -2.41. The van der Waals surface area contributed by atoms with E-state index in [1.807, 2.05) is 19.1 Å². The molecule has 0 atom stereocenters. The molecule has 0 radical (unpaired) electrons. The van der Waals surface area contributed by atoms with Crippen LogP contribution in [0, 0.1) is 0 Å². The number of rotatable bonds is 3. The first-order valence-electron chi connectivity index (χ1n) is 6.29. The molecule has 1 aromatic carbocycles. The van der Waals surface area contributed by atoms with E-state index < -0.39 is 17.8 Å².